The first-order chi connectivity index (χ1) is 12.0. The minimum Gasteiger partial charge on any atom is -0.481 e. The molecule has 2 aromatic rings. The Bertz CT molecular complexity index is 773. The van der Waals surface area contributed by atoms with Gasteiger partial charge in [0.15, 0.2) is 6.10 Å². The molecule has 1 heterocycles. The van der Waals surface area contributed by atoms with Crippen molar-refractivity contribution >= 4 is 17.6 Å². The van der Waals surface area contributed by atoms with E-state index in [1.165, 1.54) is 5.56 Å². The maximum Gasteiger partial charge on any atom is 0.307 e. The van der Waals surface area contributed by atoms with Crippen molar-refractivity contribution in [3.05, 3.63) is 59.7 Å². The Morgan fingerprint density at radius 3 is 2.68 bits per heavy atom. The first-order valence-electron chi connectivity index (χ1n) is 8.39. The zero-order valence-electron chi connectivity index (χ0n) is 14.1. The third kappa shape index (κ3) is 3.99. The Morgan fingerprint density at radius 1 is 1.20 bits per heavy atom. The number of carboxylic acid groups (broad SMARTS) is 1. The van der Waals surface area contributed by atoms with Crippen LogP contribution in [0.5, 0.6) is 5.75 Å². The molecule has 25 heavy (non-hydrogen) atoms. The highest BCUT2D eigenvalue weighted by atomic mass is 16.5. The largest absolute Gasteiger partial charge is 0.481 e. The molecule has 3 rings (SSSR count). The van der Waals surface area contributed by atoms with Gasteiger partial charge in [-0.15, -0.1) is 0 Å². The highest BCUT2D eigenvalue weighted by molar-refractivity contribution is 6.01. The molecule has 0 fully saturated rings. The molecule has 0 spiro atoms. The molecule has 1 aliphatic heterocycles. The number of nitrogens with zero attached hydrogens (tertiary/aromatic N) is 1. The van der Waals surface area contributed by atoms with Crippen LogP contribution in [0.15, 0.2) is 48.5 Å². The van der Waals surface area contributed by atoms with Crippen LogP contribution in [0.25, 0.3) is 0 Å². The zero-order valence-corrected chi connectivity index (χ0v) is 14.1. The molecule has 1 aliphatic rings. The molecule has 0 aliphatic carbocycles. The van der Waals surface area contributed by atoms with E-state index in [2.05, 4.69) is 12.1 Å². The van der Waals surface area contributed by atoms with Gasteiger partial charge in [-0.2, -0.15) is 0 Å². The van der Waals surface area contributed by atoms with E-state index in [1.54, 1.807) is 4.90 Å². The topological polar surface area (TPSA) is 66.8 Å². The normalized spacial score (nSPS) is 16.3. The number of benzene rings is 2. The van der Waals surface area contributed by atoms with Gasteiger partial charge >= 0.3 is 5.97 Å². The van der Waals surface area contributed by atoms with E-state index in [4.69, 9.17) is 9.84 Å². The van der Waals surface area contributed by atoms with Gasteiger partial charge in [0.25, 0.3) is 5.91 Å². The molecule has 1 unspecified atom stereocenters. The third-order valence-corrected chi connectivity index (χ3v) is 4.27. The Hall–Kier alpha value is -2.82. The monoisotopic (exact) mass is 339 g/mol. The number of hydrogen-bond donors (Lipinski definition) is 1. The van der Waals surface area contributed by atoms with Gasteiger partial charge in [0, 0.05) is 6.54 Å². The summed E-state index contributed by atoms with van der Waals surface area (Å²) in [6, 6.07) is 15.7. The van der Waals surface area contributed by atoms with E-state index in [0.717, 1.165) is 18.4 Å². The number of hydrogen-bond acceptors (Lipinski definition) is 3. The maximum absolute atomic E-state index is 12.7. The van der Waals surface area contributed by atoms with Gasteiger partial charge in [-0.05, 0) is 43.0 Å². The summed E-state index contributed by atoms with van der Waals surface area (Å²) < 4.78 is 5.66. The molecule has 2 aromatic carbocycles. The van der Waals surface area contributed by atoms with Gasteiger partial charge in [0.1, 0.15) is 5.75 Å². The van der Waals surface area contributed by atoms with Gasteiger partial charge < -0.3 is 14.7 Å². The van der Waals surface area contributed by atoms with Crippen LogP contribution in [0, 0.1) is 6.92 Å². The number of aliphatic carboxylic acids is 1. The van der Waals surface area contributed by atoms with E-state index in [-0.39, 0.29) is 12.3 Å². The predicted octanol–water partition coefficient (Wildman–Crippen LogP) is 3.20. The number of fused-ring (bicyclic) bond motifs is 1. The summed E-state index contributed by atoms with van der Waals surface area (Å²) in [5.74, 6) is -0.754. The van der Waals surface area contributed by atoms with Crippen LogP contribution >= 0.6 is 0 Å². The first-order valence-corrected chi connectivity index (χ1v) is 8.39. The van der Waals surface area contributed by atoms with E-state index in [9.17, 15) is 9.59 Å². The standard InChI is InChI=1S/C20H21NO4/c1-14-9-10-16-17(12-14)25-18(13-19(22)23)20(24)21(16)11-5-8-15-6-3-2-4-7-15/h2-4,6-7,9-10,12,18H,5,8,11,13H2,1H3,(H,22,23). The summed E-state index contributed by atoms with van der Waals surface area (Å²) in [5.41, 5.74) is 2.94. The van der Waals surface area contributed by atoms with Gasteiger partial charge in [-0.25, -0.2) is 0 Å². The molecule has 0 radical (unpaired) electrons. The highest BCUT2D eigenvalue weighted by Crippen LogP contribution is 2.35. The number of aryl methyl sites for hydroxylation is 2. The minimum atomic E-state index is -1.04. The predicted molar refractivity (Wildman–Crippen MR) is 95.0 cm³/mol. The van der Waals surface area contributed by atoms with E-state index < -0.39 is 12.1 Å². The summed E-state index contributed by atoms with van der Waals surface area (Å²) in [6.45, 7) is 2.47. The molecule has 130 valence electrons. The molecular weight excluding hydrogens is 318 g/mol. The molecule has 0 aromatic heterocycles. The summed E-state index contributed by atoms with van der Waals surface area (Å²) >= 11 is 0. The van der Waals surface area contributed by atoms with Crippen molar-refractivity contribution in [1.82, 2.24) is 0 Å². The highest BCUT2D eigenvalue weighted by Gasteiger charge is 2.35. The lowest BCUT2D eigenvalue weighted by Crippen LogP contribution is -2.47. The van der Waals surface area contributed by atoms with Crippen molar-refractivity contribution in [2.24, 2.45) is 0 Å². The first kappa shape index (κ1) is 17.0. The van der Waals surface area contributed by atoms with Crippen molar-refractivity contribution in [2.75, 3.05) is 11.4 Å². The van der Waals surface area contributed by atoms with Crippen molar-refractivity contribution in [1.29, 1.82) is 0 Å². The quantitative estimate of drug-likeness (QED) is 0.878. The number of carbonyl (C=O) groups excluding carboxylic acids is 1. The van der Waals surface area contributed by atoms with E-state index in [0.29, 0.717) is 18.0 Å². The number of rotatable bonds is 6. The minimum absolute atomic E-state index is 0.285. The SMILES string of the molecule is Cc1ccc2c(c1)OC(CC(=O)O)C(=O)N2CCCc1ccccc1. The van der Waals surface area contributed by atoms with Crippen LogP contribution in [-0.2, 0) is 16.0 Å². The number of amides is 1. The van der Waals surface area contributed by atoms with Crippen molar-refractivity contribution in [2.45, 2.75) is 32.3 Å². The Kier molecular flexibility index (Phi) is 5.03. The third-order valence-electron chi connectivity index (χ3n) is 4.27. The van der Waals surface area contributed by atoms with Crippen LogP contribution in [-0.4, -0.2) is 29.6 Å². The molecule has 0 bridgehead atoms. The van der Waals surface area contributed by atoms with Crippen LogP contribution in [0.1, 0.15) is 24.0 Å². The number of carboxylic acids is 1. The van der Waals surface area contributed by atoms with Gasteiger partial charge in [-0.1, -0.05) is 36.4 Å². The van der Waals surface area contributed by atoms with E-state index in [1.807, 2.05) is 43.3 Å². The second-order valence-electron chi connectivity index (χ2n) is 6.25. The molecule has 1 atom stereocenters. The zero-order chi connectivity index (χ0) is 17.8. The van der Waals surface area contributed by atoms with Crippen LogP contribution < -0.4 is 9.64 Å². The molecule has 5 nitrogen and oxygen atoms in total. The van der Waals surface area contributed by atoms with Crippen LogP contribution in [0.2, 0.25) is 0 Å². The fraction of sp³-hybridized carbons (Fsp3) is 0.300. The van der Waals surface area contributed by atoms with Gasteiger partial charge in [0.2, 0.25) is 0 Å². The van der Waals surface area contributed by atoms with Gasteiger partial charge in [0.05, 0.1) is 12.1 Å². The maximum atomic E-state index is 12.7. The van der Waals surface area contributed by atoms with Crippen molar-refractivity contribution in [3.63, 3.8) is 0 Å². The lowest BCUT2D eigenvalue weighted by Gasteiger charge is -2.34. The van der Waals surface area contributed by atoms with Gasteiger partial charge in [-0.3, -0.25) is 9.59 Å². The Morgan fingerprint density at radius 2 is 1.96 bits per heavy atom. The van der Waals surface area contributed by atoms with E-state index >= 15 is 0 Å². The van der Waals surface area contributed by atoms with Crippen LogP contribution in [0.4, 0.5) is 5.69 Å². The second kappa shape index (κ2) is 7.38. The molecule has 1 N–H and O–H groups in total. The van der Waals surface area contributed by atoms with Crippen LogP contribution in [0.3, 0.4) is 0 Å². The second-order valence-corrected chi connectivity index (χ2v) is 6.25. The lowest BCUT2D eigenvalue weighted by molar-refractivity contribution is -0.142. The average Bonchev–Trinajstić information content (AvgIpc) is 2.58. The van der Waals surface area contributed by atoms with Crippen molar-refractivity contribution < 1.29 is 19.4 Å². The lowest BCUT2D eigenvalue weighted by atomic mass is 10.1. The Balaban J connectivity index is 1.77. The fourth-order valence-corrected chi connectivity index (χ4v) is 3.04. The fourth-order valence-electron chi connectivity index (χ4n) is 3.04. The number of ether oxygens (including phenoxy) is 1. The summed E-state index contributed by atoms with van der Waals surface area (Å²) in [7, 11) is 0. The molecule has 5 heteroatoms. The molecule has 1 amide bonds. The van der Waals surface area contributed by atoms with Crippen molar-refractivity contribution in [3.8, 4) is 5.75 Å². The summed E-state index contributed by atoms with van der Waals surface area (Å²) in [5, 5.41) is 9.05. The summed E-state index contributed by atoms with van der Waals surface area (Å²) in [4.78, 5) is 25.4. The Labute approximate surface area is 146 Å². The molecule has 0 saturated carbocycles. The number of anilines is 1. The summed E-state index contributed by atoms with van der Waals surface area (Å²) in [6.07, 6.45) is 0.351. The molecular formula is C20H21NO4. The smallest absolute Gasteiger partial charge is 0.307 e. The number of carbonyl (C=O) groups is 2. The molecule has 0 saturated heterocycles. The average molecular weight is 339 g/mol.